The van der Waals surface area contributed by atoms with Gasteiger partial charge >= 0.3 is 0 Å². The smallest absolute Gasteiger partial charge is 0.282 e. The van der Waals surface area contributed by atoms with Crippen LogP contribution in [-0.4, -0.2) is 55.8 Å². The molecule has 0 amide bonds. The van der Waals surface area contributed by atoms with Crippen molar-refractivity contribution < 1.29 is 8.42 Å². The maximum absolute atomic E-state index is 12.6. The summed E-state index contributed by atoms with van der Waals surface area (Å²) in [6.07, 6.45) is 4.53. The third-order valence-electron chi connectivity index (χ3n) is 4.30. The molecule has 122 valence electrons. The molecule has 0 radical (unpaired) electrons. The van der Waals surface area contributed by atoms with Crippen molar-refractivity contribution in [1.82, 2.24) is 13.9 Å². The first-order valence-electron chi connectivity index (χ1n) is 8.06. The van der Waals surface area contributed by atoms with Crippen LogP contribution < -0.4 is 5.32 Å². The Kier molecular flexibility index (Phi) is 5.82. The topological polar surface area (TPSA) is 52.7 Å². The van der Waals surface area contributed by atoms with Crippen LogP contribution in [0.3, 0.4) is 0 Å². The summed E-state index contributed by atoms with van der Waals surface area (Å²) < 4.78 is 28.4. The Morgan fingerprint density at radius 3 is 2.38 bits per heavy atom. The number of nitrogens with zero attached hydrogens (tertiary/aromatic N) is 2. The molecule has 0 aromatic carbocycles. The maximum atomic E-state index is 12.6. The van der Waals surface area contributed by atoms with Crippen molar-refractivity contribution in [3.63, 3.8) is 0 Å². The molecule has 0 aromatic rings. The molecule has 6 heteroatoms. The van der Waals surface area contributed by atoms with Crippen LogP contribution in [0.2, 0.25) is 0 Å². The molecule has 0 unspecified atom stereocenters. The van der Waals surface area contributed by atoms with E-state index in [0.717, 1.165) is 31.0 Å². The van der Waals surface area contributed by atoms with Gasteiger partial charge in [0.1, 0.15) is 0 Å². The van der Waals surface area contributed by atoms with Gasteiger partial charge in [-0.05, 0) is 45.1 Å². The van der Waals surface area contributed by atoms with Crippen LogP contribution >= 0.6 is 0 Å². The van der Waals surface area contributed by atoms with Crippen LogP contribution in [0.1, 0.15) is 39.5 Å². The van der Waals surface area contributed by atoms with Gasteiger partial charge < -0.3 is 5.32 Å². The predicted octanol–water partition coefficient (Wildman–Crippen LogP) is 1.59. The third-order valence-corrected chi connectivity index (χ3v) is 6.36. The molecule has 0 aromatic heterocycles. The highest BCUT2D eigenvalue weighted by atomic mass is 32.2. The van der Waals surface area contributed by atoms with E-state index < -0.39 is 10.2 Å². The van der Waals surface area contributed by atoms with E-state index in [9.17, 15) is 8.42 Å². The van der Waals surface area contributed by atoms with Gasteiger partial charge in [-0.15, -0.1) is 0 Å². The minimum atomic E-state index is -3.33. The van der Waals surface area contributed by atoms with E-state index in [1.807, 2.05) is 13.8 Å². The van der Waals surface area contributed by atoms with Crippen molar-refractivity contribution in [2.45, 2.75) is 45.6 Å². The fraction of sp³-hybridized carbons (Fsp3) is 0.867. The zero-order valence-electron chi connectivity index (χ0n) is 13.3. The van der Waals surface area contributed by atoms with Crippen molar-refractivity contribution in [3.05, 3.63) is 12.2 Å². The molecule has 1 heterocycles. The van der Waals surface area contributed by atoms with Crippen LogP contribution in [0.15, 0.2) is 12.2 Å². The fourth-order valence-electron chi connectivity index (χ4n) is 2.79. The standard InChI is InChI=1S/C15H29N3O2S/c1-4-17(12-13(2)3)21(19,20)18-9-7-14(8-10-18)11-16-15-5-6-15/h14-16H,2,4-12H2,1,3H3. The highest BCUT2D eigenvalue weighted by molar-refractivity contribution is 7.86. The quantitative estimate of drug-likeness (QED) is 0.692. The molecule has 2 rings (SSSR count). The van der Waals surface area contributed by atoms with Gasteiger partial charge in [0.25, 0.3) is 10.2 Å². The average Bonchev–Trinajstić information content (AvgIpc) is 3.27. The lowest BCUT2D eigenvalue weighted by Gasteiger charge is -2.34. The lowest BCUT2D eigenvalue weighted by molar-refractivity contribution is 0.251. The van der Waals surface area contributed by atoms with E-state index in [4.69, 9.17) is 0 Å². The van der Waals surface area contributed by atoms with Gasteiger partial charge in [0.2, 0.25) is 0 Å². The highest BCUT2D eigenvalue weighted by Crippen LogP contribution is 2.23. The molecule has 2 aliphatic rings. The summed E-state index contributed by atoms with van der Waals surface area (Å²) >= 11 is 0. The van der Waals surface area contributed by atoms with Gasteiger partial charge in [0.05, 0.1) is 0 Å². The average molecular weight is 315 g/mol. The lowest BCUT2D eigenvalue weighted by Crippen LogP contribution is -2.48. The second-order valence-electron chi connectivity index (χ2n) is 6.42. The SMILES string of the molecule is C=C(C)CN(CC)S(=O)(=O)N1CCC(CNC2CC2)CC1. The van der Waals surface area contributed by atoms with E-state index in [1.165, 1.54) is 17.1 Å². The summed E-state index contributed by atoms with van der Waals surface area (Å²) in [4.78, 5) is 0. The van der Waals surface area contributed by atoms with Crippen LogP contribution in [0.4, 0.5) is 0 Å². The van der Waals surface area contributed by atoms with Crippen molar-refractivity contribution in [2.75, 3.05) is 32.7 Å². The van der Waals surface area contributed by atoms with Crippen LogP contribution in [0, 0.1) is 5.92 Å². The van der Waals surface area contributed by atoms with Gasteiger partial charge in [-0.3, -0.25) is 0 Å². The highest BCUT2D eigenvalue weighted by Gasteiger charge is 2.32. The zero-order chi connectivity index (χ0) is 15.5. The first-order valence-corrected chi connectivity index (χ1v) is 9.46. The normalized spacial score (nSPS) is 21.9. The van der Waals surface area contributed by atoms with Crippen LogP contribution in [-0.2, 0) is 10.2 Å². The number of piperidine rings is 1. The Bertz CT molecular complexity index is 452. The van der Waals surface area contributed by atoms with E-state index in [1.54, 1.807) is 4.31 Å². The van der Waals surface area contributed by atoms with E-state index in [0.29, 0.717) is 32.1 Å². The second kappa shape index (κ2) is 7.22. The first-order chi connectivity index (χ1) is 9.93. The molecule has 0 bridgehead atoms. The minimum Gasteiger partial charge on any atom is -0.314 e. The maximum Gasteiger partial charge on any atom is 0.282 e. The van der Waals surface area contributed by atoms with Gasteiger partial charge in [-0.2, -0.15) is 17.0 Å². The number of hydrogen-bond acceptors (Lipinski definition) is 3. The van der Waals surface area contributed by atoms with E-state index in [2.05, 4.69) is 11.9 Å². The molecule has 0 spiro atoms. The molecule has 1 N–H and O–H groups in total. The van der Waals surface area contributed by atoms with Gasteiger partial charge in [-0.25, -0.2) is 0 Å². The van der Waals surface area contributed by atoms with Crippen LogP contribution in [0.5, 0.6) is 0 Å². The van der Waals surface area contributed by atoms with Gasteiger partial charge in [0, 0.05) is 32.2 Å². The van der Waals surface area contributed by atoms with Crippen molar-refractivity contribution in [3.8, 4) is 0 Å². The number of likely N-dealkylation sites (N-methyl/N-ethyl adjacent to an activating group) is 1. The molecule has 1 saturated heterocycles. The number of hydrogen-bond donors (Lipinski definition) is 1. The molecule has 1 aliphatic carbocycles. The molecule has 21 heavy (non-hydrogen) atoms. The van der Waals surface area contributed by atoms with Crippen LogP contribution in [0.25, 0.3) is 0 Å². The summed E-state index contributed by atoms with van der Waals surface area (Å²) in [5, 5.41) is 3.55. The zero-order valence-corrected chi connectivity index (χ0v) is 14.2. The van der Waals surface area contributed by atoms with Crippen molar-refractivity contribution >= 4 is 10.2 Å². The molecule has 0 atom stereocenters. The Balaban J connectivity index is 1.85. The second-order valence-corrected chi connectivity index (χ2v) is 8.34. The number of nitrogens with one attached hydrogen (secondary N) is 1. The van der Waals surface area contributed by atoms with Gasteiger partial charge in [-0.1, -0.05) is 19.1 Å². The molecular formula is C15H29N3O2S. The minimum absolute atomic E-state index is 0.419. The Hall–Kier alpha value is -0.430. The molecule has 1 saturated carbocycles. The predicted molar refractivity (Wildman–Crippen MR) is 86.3 cm³/mol. The summed E-state index contributed by atoms with van der Waals surface area (Å²) in [6.45, 7) is 10.8. The lowest BCUT2D eigenvalue weighted by atomic mass is 9.98. The largest absolute Gasteiger partial charge is 0.314 e. The molecule has 2 fully saturated rings. The fourth-order valence-corrected chi connectivity index (χ4v) is 4.49. The van der Waals surface area contributed by atoms with E-state index >= 15 is 0 Å². The molecule has 1 aliphatic heterocycles. The summed E-state index contributed by atoms with van der Waals surface area (Å²) in [5.41, 5.74) is 0.879. The summed E-state index contributed by atoms with van der Waals surface area (Å²) in [5.74, 6) is 0.619. The summed E-state index contributed by atoms with van der Waals surface area (Å²) in [7, 11) is -3.33. The Labute approximate surface area is 129 Å². The molecular weight excluding hydrogens is 286 g/mol. The van der Waals surface area contributed by atoms with Gasteiger partial charge in [0.15, 0.2) is 0 Å². The van der Waals surface area contributed by atoms with Crippen molar-refractivity contribution in [1.29, 1.82) is 0 Å². The number of rotatable bonds is 8. The van der Waals surface area contributed by atoms with Crippen molar-refractivity contribution in [2.24, 2.45) is 5.92 Å². The first kappa shape index (κ1) is 16.9. The summed E-state index contributed by atoms with van der Waals surface area (Å²) in [6, 6.07) is 0.734. The third kappa shape index (κ3) is 4.77. The van der Waals surface area contributed by atoms with E-state index in [-0.39, 0.29) is 0 Å². The Morgan fingerprint density at radius 1 is 1.29 bits per heavy atom. The molecule has 5 nitrogen and oxygen atoms in total. The Morgan fingerprint density at radius 2 is 1.90 bits per heavy atom. The monoisotopic (exact) mass is 315 g/mol.